The van der Waals surface area contributed by atoms with Crippen molar-refractivity contribution in [3.63, 3.8) is 0 Å². The molecule has 0 saturated heterocycles. The van der Waals surface area contributed by atoms with Crippen molar-refractivity contribution in [2.24, 2.45) is 0 Å². The number of nitrogens with zero attached hydrogens (tertiary/aromatic N) is 2. The molecular formula is C23H22Cl2N2O2. The molecule has 2 heterocycles. The smallest absolute Gasteiger partial charge is 0.120 e. The molecule has 4 rings (SSSR count). The molecule has 0 aliphatic heterocycles. The highest BCUT2D eigenvalue weighted by Crippen LogP contribution is 2.27. The number of fused-ring (bicyclic) bond motifs is 2. The Hall–Kier alpha value is -2.56. The summed E-state index contributed by atoms with van der Waals surface area (Å²) in [6.45, 7) is 6.47. The van der Waals surface area contributed by atoms with E-state index in [9.17, 15) is 0 Å². The summed E-state index contributed by atoms with van der Waals surface area (Å²) in [4.78, 5) is 8.77. The number of benzene rings is 2. The number of aryl methyl sites for hydroxylation is 2. The summed E-state index contributed by atoms with van der Waals surface area (Å²) in [5.41, 5.74) is 3.66. The zero-order valence-corrected chi connectivity index (χ0v) is 18.3. The first-order chi connectivity index (χ1) is 13.9. The van der Waals surface area contributed by atoms with Gasteiger partial charge in [0.1, 0.15) is 11.5 Å². The van der Waals surface area contributed by atoms with E-state index in [0.29, 0.717) is 11.6 Å². The Morgan fingerprint density at radius 1 is 0.759 bits per heavy atom. The maximum absolute atomic E-state index is 6.14. The van der Waals surface area contributed by atoms with Crippen LogP contribution in [0.3, 0.4) is 0 Å². The standard InChI is InChI=1S/C12H12ClNO.C11H10ClNO/c1-3-15-9-4-5-12-10(7-9)11(13)6-8(2)14-12;1-7-5-10(12)9-6-8(14-2)3-4-11(9)13-7/h4-7H,3H2,1-2H3;3-6H,1-2H3. The highest BCUT2D eigenvalue weighted by Gasteiger charge is 2.04. The number of rotatable bonds is 3. The van der Waals surface area contributed by atoms with Crippen molar-refractivity contribution >= 4 is 45.0 Å². The topological polar surface area (TPSA) is 44.2 Å². The number of halogens is 2. The van der Waals surface area contributed by atoms with Crippen molar-refractivity contribution in [3.8, 4) is 11.5 Å². The van der Waals surface area contributed by atoms with Crippen LogP contribution in [0.15, 0.2) is 48.5 Å². The average Bonchev–Trinajstić information content (AvgIpc) is 2.69. The van der Waals surface area contributed by atoms with Gasteiger partial charge in [-0.25, -0.2) is 0 Å². The monoisotopic (exact) mass is 428 g/mol. The molecule has 0 bridgehead atoms. The van der Waals surface area contributed by atoms with E-state index >= 15 is 0 Å². The third kappa shape index (κ3) is 5.08. The number of pyridine rings is 2. The zero-order chi connectivity index (χ0) is 21.0. The second kappa shape index (κ2) is 9.29. The molecule has 0 amide bonds. The van der Waals surface area contributed by atoms with Crippen LogP contribution in [0.5, 0.6) is 11.5 Å². The van der Waals surface area contributed by atoms with Gasteiger partial charge in [-0.3, -0.25) is 9.97 Å². The molecule has 0 aliphatic rings. The fourth-order valence-corrected chi connectivity index (χ4v) is 3.58. The summed E-state index contributed by atoms with van der Waals surface area (Å²) in [6.07, 6.45) is 0. The van der Waals surface area contributed by atoms with Crippen molar-refractivity contribution < 1.29 is 9.47 Å². The van der Waals surface area contributed by atoms with Crippen LogP contribution in [0, 0.1) is 13.8 Å². The van der Waals surface area contributed by atoms with E-state index < -0.39 is 0 Å². The molecule has 0 saturated carbocycles. The average molecular weight is 429 g/mol. The normalized spacial score (nSPS) is 10.6. The first kappa shape index (κ1) is 21.2. The Morgan fingerprint density at radius 3 is 1.72 bits per heavy atom. The van der Waals surface area contributed by atoms with Crippen LogP contribution >= 0.6 is 23.2 Å². The SMILES string of the molecule is CCOc1ccc2nc(C)cc(Cl)c2c1.COc1ccc2nc(C)cc(Cl)c2c1. The summed E-state index contributed by atoms with van der Waals surface area (Å²) < 4.78 is 10.5. The molecule has 6 heteroatoms. The lowest BCUT2D eigenvalue weighted by atomic mass is 10.2. The molecule has 0 N–H and O–H groups in total. The van der Waals surface area contributed by atoms with Crippen LogP contribution < -0.4 is 9.47 Å². The Balaban J connectivity index is 0.000000166. The maximum atomic E-state index is 6.14. The van der Waals surface area contributed by atoms with Gasteiger partial charge in [-0.15, -0.1) is 0 Å². The first-order valence-electron chi connectivity index (χ1n) is 9.22. The Labute approximate surface area is 180 Å². The molecule has 0 radical (unpaired) electrons. The molecule has 2 aromatic heterocycles. The van der Waals surface area contributed by atoms with E-state index in [0.717, 1.165) is 49.7 Å². The van der Waals surface area contributed by atoms with E-state index in [4.69, 9.17) is 32.7 Å². The third-order valence-electron chi connectivity index (χ3n) is 4.26. The van der Waals surface area contributed by atoms with E-state index in [1.165, 1.54) is 0 Å². The van der Waals surface area contributed by atoms with E-state index in [1.807, 2.05) is 69.3 Å². The summed E-state index contributed by atoms with van der Waals surface area (Å²) in [5.74, 6) is 1.63. The second-order valence-electron chi connectivity index (χ2n) is 6.49. The largest absolute Gasteiger partial charge is 0.497 e. The van der Waals surface area contributed by atoms with Gasteiger partial charge in [-0.1, -0.05) is 23.2 Å². The summed E-state index contributed by atoms with van der Waals surface area (Å²) in [5, 5.41) is 3.30. The van der Waals surface area contributed by atoms with Gasteiger partial charge in [-0.2, -0.15) is 0 Å². The molecule has 4 aromatic rings. The van der Waals surface area contributed by atoms with E-state index in [1.54, 1.807) is 7.11 Å². The van der Waals surface area contributed by atoms with Crippen molar-refractivity contribution in [3.05, 3.63) is 70.0 Å². The summed E-state index contributed by atoms with van der Waals surface area (Å²) in [7, 11) is 1.64. The number of hydrogen-bond donors (Lipinski definition) is 0. The Kier molecular flexibility index (Phi) is 6.78. The molecule has 150 valence electrons. The van der Waals surface area contributed by atoms with Gasteiger partial charge in [0, 0.05) is 22.2 Å². The predicted octanol–water partition coefficient (Wildman–Crippen LogP) is 6.80. The Morgan fingerprint density at radius 2 is 1.24 bits per heavy atom. The van der Waals surface area contributed by atoms with Gasteiger partial charge in [0.25, 0.3) is 0 Å². The minimum atomic E-state index is 0.655. The number of aromatic nitrogens is 2. The predicted molar refractivity (Wildman–Crippen MR) is 121 cm³/mol. The van der Waals surface area contributed by atoms with Crippen molar-refractivity contribution in [1.29, 1.82) is 0 Å². The minimum Gasteiger partial charge on any atom is -0.497 e. The maximum Gasteiger partial charge on any atom is 0.120 e. The zero-order valence-electron chi connectivity index (χ0n) is 16.8. The van der Waals surface area contributed by atoms with Gasteiger partial charge in [-0.05, 0) is 69.3 Å². The number of ether oxygens (including phenoxy) is 2. The molecule has 0 aliphatic carbocycles. The molecule has 2 aromatic carbocycles. The molecule has 29 heavy (non-hydrogen) atoms. The van der Waals surface area contributed by atoms with Crippen LogP contribution in [0.25, 0.3) is 21.8 Å². The van der Waals surface area contributed by atoms with Gasteiger partial charge >= 0.3 is 0 Å². The first-order valence-corrected chi connectivity index (χ1v) is 9.97. The van der Waals surface area contributed by atoms with Crippen molar-refractivity contribution in [1.82, 2.24) is 9.97 Å². The Bertz CT molecular complexity index is 1160. The van der Waals surface area contributed by atoms with Crippen LogP contribution in [0.4, 0.5) is 0 Å². The van der Waals surface area contributed by atoms with Crippen molar-refractivity contribution in [2.75, 3.05) is 13.7 Å². The summed E-state index contributed by atoms with van der Waals surface area (Å²) >= 11 is 12.2. The van der Waals surface area contributed by atoms with E-state index in [-0.39, 0.29) is 0 Å². The van der Waals surface area contributed by atoms with Crippen LogP contribution in [-0.2, 0) is 0 Å². The minimum absolute atomic E-state index is 0.655. The van der Waals surface area contributed by atoms with Crippen LogP contribution in [-0.4, -0.2) is 23.7 Å². The van der Waals surface area contributed by atoms with Crippen LogP contribution in [0.2, 0.25) is 10.0 Å². The number of methoxy groups -OCH3 is 1. The molecular weight excluding hydrogens is 407 g/mol. The quantitative estimate of drug-likeness (QED) is 0.359. The van der Waals surface area contributed by atoms with Gasteiger partial charge < -0.3 is 9.47 Å². The lowest BCUT2D eigenvalue weighted by Gasteiger charge is -2.06. The highest BCUT2D eigenvalue weighted by molar-refractivity contribution is 6.35. The molecule has 4 nitrogen and oxygen atoms in total. The lowest BCUT2D eigenvalue weighted by Crippen LogP contribution is -1.92. The summed E-state index contributed by atoms with van der Waals surface area (Å²) in [6, 6.07) is 15.2. The van der Waals surface area contributed by atoms with Gasteiger partial charge in [0.2, 0.25) is 0 Å². The molecule has 0 atom stereocenters. The van der Waals surface area contributed by atoms with Gasteiger partial charge in [0.15, 0.2) is 0 Å². The third-order valence-corrected chi connectivity index (χ3v) is 4.89. The molecule has 0 spiro atoms. The fraction of sp³-hybridized carbons (Fsp3) is 0.217. The van der Waals surface area contributed by atoms with E-state index in [2.05, 4.69) is 9.97 Å². The molecule has 0 fully saturated rings. The van der Waals surface area contributed by atoms with Crippen LogP contribution in [0.1, 0.15) is 18.3 Å². The molecule has 0 unspecified atom stereocenters. The van der Waals surface area contributed by atoms with Gasteiger partial charge in [0.05, 0.1) is 34.8 Å². The number of hydrogen-bond acceptors (Lipinski definition) is 4. The van der Waals surface area contributed by atoms with Crippen molar-refractivity contribution in [2.45, 2.75) is 20.8 Å². The fourth-order valence-electron chi connectivity index (χ4n) is 2.96. The second-order valence-corrected chi connectivity index (χ2v) is 7.30. The lowest BCUT2D eigenvalue weighted by molar-refractivity contribution is 0.340. The highest BCUT2D eigenvalue weighted by atomic mass is 35.5.